The molecule has 2 saturated heterocycles. The molecule has 23 heteroatoms. The molecule has 3 heterocycles. The molecule has 16 atom stereocenters. The Hall–Kier alpha value is -4.50. The van der Waals surface area contributed by atoms with Crippen molar-refractivity contribution in [1.82, 2.24) is 4.90 Å². The van der Waals surface area contributed by atoms with Crippen LogP contribution in [0.4, 0.5) is 10.5 Å². The third kappa shape index (κ3) is 18.7. The van der Waals surface area contributed by atoms with E-state index in [-0.39, 0.29) is 60.2 Å². The Balaban J connectivity index is 1.40. The number of allylic oxidation sites excluding steroid dienone is 6. The maximum Gasteiger partial charge on any atom is 0.411 e. The smallest absolute Gasteiger partial charge is 0.411 e. The number of aliphatic hydroxyl groups excluding tert-OH is 1. The minimum Gasteiger partial charge on any atom is -0.460 e. The Kier molecular flexibility index (Phi) is 25.4. The molecule has 6 N–H and O–H groups in total. The van der Waals surface area contributed by atoms with Crippen molar-refractivity contribution in [3.8, 4) is 0 Å². The molecule has 2 bridgehead atoms. The summed E-state index contributed by atoms with van der Waals surface area (Å²) in [5.74, 6) is -10.2. The largest absolute Gasteiger partial charge is 0.460 e. The van der Waals surface area contributed by atoms with E-state index >= 15 is 0 Å². The summed E-state index contributed by atoms with van der Waals surface area (Å²) in [6.07, 6.45) is 8.19. The minimum atomic E-state index is -4.80. The zero-order valence-electron chi connectivity index (χ0n) is 49.0. The molecule has 3 fully saturated rings. The highest BCUT2D eigenvalue weighted by molar-refractivity contribution is 7.77. The number of benzene rings is 1. The van der Waals surface area contributed by atoms with E-state index in [9.17, 15) is 62.8 Å². The summed E-state index contributed by atoms with van der Waals surface area (Å²) in [5, 5.41) is 26.0. The molecule has 0 aromatic heterocycles. The highest BCUT2D eigenvalue weighted by Crippen LogP contribution is 2.54. The molecule has 1 aliphatic carbocycles. The van der Waals surface area contributed by atoms with Gasteiger partial charge in [0.15, 0.2) is 5.78 Å². The van der Waals surface area contributed by atoms with E-state index < -0.39 is 123 Å². The summed E-state index contributed by atoms with van der Waals surface area (Å²) in [4.78, 5) is 115. The van der Waals surface area contributed by atoms with Gasteiger partial charge in [0, 0.05) is 69.5 Å². The van der Waals surface area contributed by atoms with Gasteiger partial charge in [0.1, 0.15) is 42.1 Å². The van der Waals surface area contributed by atoms with Crippen LogP contribution in [0.5, 0.6) is 0 Å². The minimum absolute atomic E-state index is 0.0185. The standard InChI is InChI=1S/C59H88N2O19P2/c1-35-16-12-11-13-17-36(2)49(75-8)32-44-23-19-41(7)59(69,80-44)55(65)56(66)61-27-15-14-18-46(61)57(67)78-50(33-47(62)37(3)29-40(6)53(64)54(77-10)52(63)39(5)28-35)38(4)30-42-20-26-48(51(31-42)76-9)79-58(68)60-43-21-24-45(25-22-43)81(70,71)34-82(72,73)74/h11-13,16-17,21-22,24-25,29,35,37-39,41-42,44,46,48-51,53-54,64,69H,14-15,18-20,23,26-28,30-34H2,1-10H3,(H,60,68)(H,70,71)(H2,72,73,74)/b13-11?,16-12+,36-17?,40-29+/t35-,37-,38-,39-,41-,42+,44+,46+,48-,49+,50+,51-,53-,54+,59-/m1/s1. The number of Topliss-reactive ketones (excluding diaryl/α,β-unsaturated/α-hetero) is 3. The number of fused-ring (bicyclic) bond motifs is 3. The summed E-state index contributed by atoms with van der Waals surface area (Å²) >= 11 is 0. The highest BCUT2D eigenvalue weighted by atomic mass is 31.2. The quantitative estimate of drug-likeness (QED) is 0.0542. The van der Waals surface area contributed by atoms with E-state index in [1.807, 2.05) is 51.2 Å². The first-order valence-electron chi connectivity index (χ1n) is 28.5. The molecule has 1 unspecified atom stereocenters. The van der Waals surface area contributed by atoms with Crippen LogP contribution >= 0.6 is 15.0 Å². The number of rotatable bonds is 11. The van der Waals surface area contributed by atoms with Crippen LogP contribution in [0.1, 0.15) is 126 Å². The number of carbonyl (C=O) groups is 6. The number of piperidine rings is 1. The van der Waals surface area contributed by atoms with E-state index in [2.05, 4.69) is 5.32 Å². The van der Waals surface area contributed by atoms with Crippen LogP contribution in [0.3, 0.4) is 0 Å². The van der Waals surface area contributed by atoms with Gasteiger partial charge < -0.3 is 58.2 Å². The molecule has 3 aliphatic heterocycles. The maximum absolute atomic E-state index is 14.6. The number of ether oxygens (including phenoxy) is 6. The third-order valence-corrected chi connectivity index (χ3v) is 20.7. The predicted molar refractivity (Wildman–Crippen MR) is 306 cm³/mol. The SMILES string of the molecule is CO[C@H]1C[C@@H]2CC[C@@H](C)[C@@](O)(O2)C(=O)C(=O)N2CCCC[C@H]2C(=O)O[C@H]([C@H](C)C[C@@H]2CC[C@@H](OC(=O)Nc3ccc(P(=O)(O)CP(=O)(O)O)cc3)[C@H](OC)C2)CC(=O)[C@H](C)/C=C(\C)[C@@H](O)[C@@H](OC)C(=O)[C@H](C)C[C@H](C)/C=C/C=CC=C1C. The predicted octanol–water partition coefficient (Wildman–Crippen LogP) is 7.47. The van der Waals surface area contributed by atoms with Gasteiger partial charge >= 0.3 is 19.7 Å². The topological polar surface area (TPSA) is 308 Å². The number of cyclic esters (lactones) is 1. The summed E-state index contributed by atoms with van der Waals surface area (Å²) < 4.78 is 59.5. The van der Waals surface area contributed by atoms with E-state index in [0.717, 1.165) is 10.5 Å². The zero-order chi connectivity index (χ0) is 60.9. The molecule has 458 valence electrons. The summed E-state index contributed by atoms with van der Waals surface area (Å²) in [6.45, 7) is 12.4. The van der Waals surface area contributed by atoms with Crippen LogP contribution in [0.2, 0.25) is 0 Å². The molecule has 82 heavy (non-hydrogen) atoms. The van der Waals surface area contributed by atoms with Crippen molar-refractivity contribution < 1.29 is 91.2 Å². The van der Waals surface area contributed by atoms with Gasteiger partial charge in [-0.05, 0) is 131 Å². The molecular formula is C59H88N2O19P2. The fraction of sp³-hybridized carbons (Fsp3) is 0.661. The number of nitrogens with one attached hydrogen (secondary N) is 1. The molecule has 5 rings (SSSR count). The van der Waals surface area contributed by atoms with Crippen LogP contribution in [-0.4, -0.2) is 153 Å². The van der Waals surface area contributed by atoms with E-state index in [1.165, 1.54) is 38.5 Å². The Morgan fingerprint density at radius 3 is 2.18 bits per heavy atom. The lowest BCUT2D eigenvalue weighted by molar-refractivity contribution is -0.265. The lowest BCUT2D eigenvalue weighted by Gasteiger charge is -2.42. The van der Waals surface area contributed by atoms with Crippen molar-refractivity contribution in [2.45, 2.75) is 180 Å². The molecule has 0 spiro atoms. The zero-order valence-corrected chi connectivity index (χ0v) is 50.8. The van der Waals surface area contributed by atoms with Gasteiger partial charge in [0.05, 0.1) is 18.3 Å². The highest BCUT2D eigenvalue weighted by Gasteiger charge is 2.53. The van der Waals surface area contributed by atoms with Gasteiger partial charge in [0.2, 0.25) is 13.2 Å². The van der Waals surface area contributed by atoms with E-state index in [1.54, 1.807) is 40.9 Å². The van der Waals surface area contributed by atoms with Gasteiger partial charge in [0.25, 0.3) is 11.7 Å². The first kappa shape index (κ1) is 68.3. The molecule has 4 aliphatic rings. The Bertz CT molecular complexity index is 2620. The lowest BCUT2D eigenvalue weighted by Crippen LogP contribution is -2.61. The molecule has 0 radical (unpaired) electrons. The third-order valence-electron chi connectivity index (χ3n) is 16.6. The Morgan fingerprint density at radius 2 is 1.54 bits per heavy atom. The number of esters is 1. The second-order valence-electron chi connectivity index (χ2n) is 23.1. The van der Waals surface area contributed by atoms with Gasteiger partial charge in [-0.3, -0.25) is 33.6 Å². The van der Waals surface area contributed by atoms with E-state index in [0.29, 0.717) is 63.4 Å². The van der Waals surface area contributed by atoms with Gasteiger partial charge in [-0.2, -0.15) is 0 Å². The van der Waals surface area contributed by atoms with Gasteiger partial charge in [-0.1, -0.05) is 71.1 Å². The lowest BCUT2D eigenvalue weighted by atomic mass is 9.78. The van der Waals surface area contributed by atoms with Crippen molar-refractivity contribution in [3.05, 3.63) is 71.9 Å². The molecule has 1 aromatic rings. The molecule has 21 nitrogen and oxygen atoms in total. The number of aliphatic hydroxyl groups is 2. The Morgan fingerprint density at radius 1 is 0.841 bits per heavy atom. The fourth-order valence-electron chi connectivity index (χ4n) is 11.6. The van der Waals surface area contributed by atoms with Crippen molar-refractivity contribution >= 4 is 61.3 Å². The van der Waals surface area contributed by atoms with E-state index in [4.69, 9.17) is 28.4 Å². The first-order chi connectivity index (χ1) is 38.5. The maximum atomic E-state index is 14.6. The van der Waals surface area contributed by atoms with Crippen molar-refractivity contribution in [3.63, 3.8) is 0 Å². The van der Waals surface area contributed by atoms with Crippen molar-refractivity contribution in [1.29, 1.82) is 0 Å². The number of anilines is 1. The summed E-state index contributed by atoms with van der Waals surface area (Å²) in [5.41, 5.74) is 1.36. The fourth-order valence-corrected chi connectivity index (χ4v) is 14.9. The average Bonchev–Trinajstić information content (AvgIpc) is 3.37. The number of hydrogen-bond acceptors (Lipinski definition) is 16. The molecule has 1 saturated carbocycles. The first-order valence-corrected chi connectivity index (χ1v) is 32.1. The van der Waals surface area contributed by atoms with Crippen LogP contribution < -0.4 is 10.6 Å². The van der Waals surface area contributed by atoms with Crippen molar-refractivity contribution in [2.75, 3.05) is 39.1 Å². The van der Waals surface area contributed by atoms with Gasteiger partial charge in [-0.25, -0.2) is 9.59 Å². The van der Waals surface area contributed by atoms with Gasteiger partial charge in [-0.15, -0.1) is 0 Å². The number of hydrogen-bond donors (Lipinski definition) is 6. The normalized spacial score (nSPS) is 34.3. The number of nitrogens with zero attached hydrogens (tertiary/aromatic N) is 1. The average molecular weight is 1190 g/mol. The second kappa shape index (κ2) is 30.5. The number of amides is 2. The van der Waals surface area contributed by atoms with Crippen LogP contribution in [0.25, 0.3) is 0 Å². The molecule has 1 aromatic carbocycles. The number of carbonyl (C=O) groups excluding carboxylic acids is 6. The monoisotopic (exact) mass is 1190 g/mol. The van der Waals surface area contributed by atoms with Crippen LogP contribution in [0.15, 0.2) is 71.9 Å². The number of ketones is 3. The second-order valence-corrected chi connectivity index (χ2v) is 27.5. The van der Waals surface area contributed by atoms with Crippen LogP contribution in [0, 0.1) is 35.5 Å². The Labute approximate surface area is 482 Å². The molecular weight excluding hydrogens is 1100 g/mol. The number of methoxy groups -OCH3 is 3. The summed E-state index contributed by atoms with van der Waals surface area (Å²) in [7, 11) is -4.82. The summed E-state index contributed by atoms with van der Waals surface area (Å²) in [6, 6.07) is 3.73. The van der Waals surface area contributed by atoms with Crippen LogP contribution in [-0.2, 0) is 61.5 Å². The molecule has 2 amide bonds. The van der Waals surface area contributed by atoms with Crippen molar-refractivity contribution in [2.24, 2.45) is 35.5 Å².